The predicted octanol–water partition coefficient (Wildman–Crippen LogP) is 4.20. The number of hydrogen-bond donors (Lipinski definition) is 0. The molecule has 94 valence electrons. The number of benzene rings is 1. The lowest BCUT2D eigenvalue weighted by Crippen LogP contribution is -1.94. The third kappa shape index (κ3) is 1.53. The minimum Gasteiger partial charge on any atom is -0.289 e. The number of hydrogen-bond acceptors (Lipinski definition) is 3. The fourth-order valence-electron chi connectivity index (χ4n) is 2.48. The second-order valence-electron chi connectivity index (χ2n) is 4.33. The van der Waals surface area contributed by atoms with Crippen LogP contribution in [0.25, 0.3) is 20.5 Å². The molecule has 0 saturated carbocycles. The predicted molar refractivity (Wildman–Crippen MR) is 79.0 cm³/mol. The van der Waals surface area contributed by atoms with Crippen molar-refractivity contribution in [2.24, 2.45) is 0 Å². The molecular weight excluding hydrogens is 268 g/mol. The summed E-state index contributed by atoms with van der Waals surface area (Å²) in [4.78, 5) is 15.7. The number of nitriles is 1. The maximum absolute atomic E-state index is 12.4. The molecule has 20 heavy (non-hydrogen) atoms. The van der Waals surface area contributed by atoms with E-state index in [2.05, 4.69) is 4.85 Å². The molecule has 4 heteroatoms. The Hall–Kier alpha value is -2.69. The van der Waals surface area contributed by atoms with Gasteiger partial charge in [-0.1, -0.05) is 6.08 Å². The first-order chi connectivity index (χ1) is 9.71. The molecule has 0 aliphatic heterocycles. The molecule has 0 amide bonds. The highest BCUT2D eigenvalue weighted by atomic mass is 32.1. The Kier molecular flexibility index (Phi) is 2.75. The van der Waals surface area contributed by atoms with Gasteiger partial charge in [0.25, 0.3) is 5.70 Å². The average molecular weight is 276 g/mol. The molecule has 1 aromatic carbocycles. The third-order valence-electron chi connectivity index (χ3n) is 3.36. The second kappa shape index (κ2) is 4.45. The zero-order valence-corrected chi connectivity index (χ0v) is 11.4. The molecule has 0 atom stereocenters. The highest BCUT2D eigenvalue weighted by Gasteiger charge is 2.32. The molecule has 0 unspecified atom stereocenters. The summed E-state index contributed by atoms with van der Waals surface area (Å²) in [5.41, 5.74) is 2.17. The van der Waals surface area contributed by atoms with Gasteiger partial charge in [0.15, 0.2) is 5.78 Å². The van der Waals surface area contributed by atoms with E-state index in [0.29, 0.717) is 22.3 Å². The first kappa shape index (κ1) is 12.3. The van der Waals surface area contributed by atoms with Crippen molar-refractivity contribution in [1.82, 2.24) is 0 Å². The van der Waals surface area contributed by atoms with Crippen LogP contribution in [-0.4, -0.2) is 5.78 Å². The molecule has 1 aliphatic rings. The Bertz CT molecular complexity index is 885. The minimum absolute atomic E-state index is 0.0268. The number of carbonyl (C=O) groups excluding carboxylic acids is 1. The number of thiophene rings is 1. The zero-order chi connectivity index (χ0) is 14.3. The van der Waals surface area contributed by atoms with E-state index in [4.69, 9.17) is 11.8 Å². The molecule has 2 aromatic rings. The van der Waals surface area contributed by atoms with Crippen LogP contribution in [0, 0.1) is 17.9 Å². The van der Waals surface area contributed by atoms with Gasteiger partial charge in [-0.05, 0) is 41.5 Å². The van der Waals surface area contributed by atoms with Crippen LogP contribution in [0.2, 0.25) is 0 Å². The molecular formula is C16H8N2OS. The number of rotatable bonds is 0. The minimum atomic E-state index is -0.109. The summed E-state index contributed by atoms with van der Waals surface area (Å²) in [6.07, 6.45) is 1.67. The summed E-state index contributed by atoms with van der Waals surface area (Å²) in [7, 11) is 0. The van der Waals surface area contributed by atoms with E-state index in [0.717, 1.165) is 10.1 Å². The summed E-state index contributed by atoms with van der Waals surface area (Å²) < 4.78 is 1.05. The quantitative estimate of drug-likeness (QED) is 0.411. The normalized spacial score (nSPS) is 17.9. The topological polar surface area (TPSA) is 45.2 Å². The fraction of sp³-hybridized carbons (Fsp3) is 0.0625. The smallest absolute Gasteiger partial charge is 0.270 e. The van der Waals surface area contributed by atoms with Gasteiger partial charge in [0.1, 0.15) is 0 Å². The van der Waals surface area contributed by atoms with E-state index in [-0.39, 0.29) is 11.5 Å². The van der Waals surface area contributed by atoms with Gasteiger partial charge in [-0.2, -0.15) is 0 Å². The molecule has 0 spiro atoms. The largest absolute Gasteiger partial charge is 0.289 e. The number of ketones is 1. The van der Waals surface area contributed by atoms with Crippen LogP contribution in [0.3, 0.4) is 0 Å². The molecule has 0 saturated heterocycles. The van der Waals surface area contributed by atoms with Crippen LogP contribution in [0.4, 0.5) is 0 Å². The van der Waals surface area contributed by atoms with Crippen molar-refractivity contribution >= 4 is 32.8 Å². The molecule has 3 rings (SSSR count). The van der Waals surface area contributed by atoms with Crippen LogP contribution >= 0.6 is 11.3 Å². The number of fused-ring (bicyclic) bond motifs is 2. The molecule has 0 bridgehead atoms. The van der Waals surface area contributed by atoms with E-state index in [9.17, 15) is 4.79 Å². The number of allylic oxidation sites excluding steroid dienone is 4. The van der Waals surface area contributed by atoms with E-state index >= 15 is 0 Å². The fourth-order valence-corrected chi connectivity index (χ4v) is 3.29. The second-order valence-corrected chi connectivity index (χ2v) is 5.28. The molecule has 1 aliphatic carbocycles. The summed E-state index contributed by atoms with van der Waals surface area (Å²) in [5, 5.41) is 12.1. The van der Waals surface area contributed by atoms with Crippen molar-refractivity contribution < 1.29 is 4.79 Å². The van der Waals surface area contributed by atoms with Crippen LogP contribution in [-0.2, 0) is 0 Å². The zero-order valence-electron chi connectivity index (χ0n) is 10.6. The lowest BCUT2D eigenvalue weighted by atomic mass is 10.0. The number of Topliss-reactive ketones (excluding diaryl/α,β-unsaturated/α-hetero) is 1. The summed E-state index contributed by atoms with van der Waals surface area (Å²) >= 11 is 1.58. The van der Waals surface area contributed by atoms with E-state index in [1.165, 1.54) is 0 Å². The van der Waals surface area contributed by atoms with Gasteiger partial charge in [0.2, 0.25) is 0 Å². The summed E-state index contributed by atoms with van der Waals surface area (Å²) in [6, 6.07) is 7.61. The Labute approximate surface area is 119 Å². The Morgan fingerprint density at radius 3 is 2.90 bits per heavy atom. The van der Waals surface area contributed by atoms with E-state index < -0.39 is 0 Å². The van der Waals surface area contributed by atoms with Crippen LogP contribution in [0.15, 0.2) is 40.9 Å². The lowest BCUT2D eigenvalue weighted by Gasteiger charge is -2.01. The molecule has 0 radical (unpaired) electrons. The maximum Gasteiger partial charge on any atom is 0.270 e. The van der Waals surface area contributed by atoms with Crippen LogP contribution in [0.1, 0.15) is 22.8 Å². The maximum atomic E-state index is 12.4. The first-order valence-corrected chi connectivity index (χ1v) is 6.84. The highest BCUT2D eigenvalue weighted by molar-refractivity contribution is 7.17. The summed E-state index contributed by atoms with van der Waals surface area (Å²) in [6.45, 7) is 8.89. The Morgan fingerprint density at radius 1 is 1.45 bits per heavy atom. The van der Waals surface area contributed by atoms with Crippen molar-refractivity contribution in [2.45, 2.75) is 6.92 Å². The molecule has 3 nitrogen and oxygen atoms in total. The molecule has 1 heterocycles. The monoisotopic (exact) mass is 276 g/mol. The van der Waals surface area contributed by atoms with Gasteiger partial charge in [-0.15, -0.1) is 11.3 Å². The number of nitrogens with zero attached hydrogens (tertiary/aromatic N) is 2. The molecule has 0 N–H and O–H groups in total. The Morgan fingerprint density at radius 2 is 2.25 bits per heavy atom. The van der Waals surface area contributed by atoms with Gasteiger partial charge in [-0.3, -0.25) is 4.79 Å². The molecule has 1 aromatic heterocycles. The van der Waals surface area contributed by atoms with Gasteiger partial charge >= 0.3 is 0 Å². The van der Waals surface area contributed by atoms with Gasteiger partial charge in [-0.25, -0.2) is 10.1 Å². The van der Waals surface area contributed by atoms with E-state index in [1.54, 1.807) is 24.3 Å². The van der Waals surface area contributed by atoms with Crippen molar-refractivity contribution in [3.8, 4) is 6.07 Å². The average Bonchev–Trinajstić information content (AvgIpc) is 3.02. The van der Waals surface area contributed by atoms with Gasteiger partial charge in [0.05, 0.1) is 12.6 Å². The SMILES string of the molecule is [C-]#[N+]C(C#N)=C1/C(=C/C)C(=O)c2cc3ccsc3cc21. The first-order valence-electron chi connectivity index (χ1n) is 5.96. The van der Waals surface area contributed by atoms with E-state index in [1.807, 2.05) is 29.6 Å². The van der Waals surface area contributed by atoms with Gasteiger partial charge in [0, 0.05) is 21.4 Å². The van der Waals surface area contributed by atoms with Crippen molar-refractivity contribution in [1.29, 1.82) is 5.26 Å². The molecule has 0 fully saturated rings. The standard InChI is InChI=1S/C16H8N2OS/c1-3-10-15(13(8-17)18-2)11-7-14-9(4-5-20-14)6-12(11)16(10)19/h3-7H,1H3/b10-3-,15-13?. The summed E-state index contributed by atoms with van der Waals surface area (Å²) in [5.74, 6) is -0.109. The van der Waals surface area contributed by atoms with Crippen molar-refractivity contribution in [2.75, 3.05) is 0 Å². The van der Waals surface area contributed by atoms with Crippen LogP contribution < -0.4 is 0 Å². The van der Waals surface area contributed by atoms with Crippen molar-refractivity contribution in [3.05, 3.63) is 63.5 Å². The Balaban J connectivity index is 2.45. The lowest BCUT2D eigenvalue weighted by molar-refractivity contribution is 0.104. The van der Waals surface area contributed by atoms with Gasteiger partial charge < -0.3 is 0 Å². The van der Waals surface area contributed by atoms with Crippen molar-refractivity contribution in [3.63, 3.8) is 0 Å². The highest BCUT2D eigenvalue weighted by Crippen LogP contribution is 2.41. The third-order valence-corrected chi connectivity index (χ3v) is 4.24. The number of carbonyl (C=O) groups is 1. The van der Waals surface area contributed by atoms with Crippen LogP contribution in [0.5, 0.6) is 0 Å².